The minimum Gasteiger partial charge on any atom is -0.350 e. The first-order valence-corrected chi connectivity index (χ1v) is 5.38. The Hall–Kier alpha value is -0.710. The Labute approximate surface area is 88.4 Å². The number of rotatable bonds is 6. The summed E-state index contributed by atoms with van der Waals surface area (Å²) in [6.45, 7) is -1.37. The SMILES string of the molecule is NCC(F)(F)CNC(=O)CCC1CCC1. The fourth-order valence-electron chi connectivity index (χ4n) is 1.51. The largest absolute Gasteiger partial charge is 0.350 e. The molecule has 0 spiro atoms. The van der Waals surface area contributed by atoms with Gasteiger partial charge < -0.3 is 11.1 Å². The fraction of sp³-hybridized carbons (Fsp3) is 0.900. The molecule has 0 aromatic carbocycles. The van der Waals surface area contributed by atoms with Crippen LogP contribution in [0.2, 0.25) is 0 Å². The van der Waals surface area contributed by atoms with E-state index in [4.69, 9.17) is 5.73 Å². The van der Waals surface area contributed by atoms with Crippen LogP contribution in [0.25, 0.3) is 0 Å². The number of hydrogen-bond acceptors (Lipinski definition) is 2. The molecule has 0 aliphatic heterocycles. The van der Waals surface area contributed by atoms with E-state index in [1.165, 1.54) is 19.3 Å². The maximum Gasteiger partial charge on any atom is 0.277 e. The van der Waals surface area contributed by atoms with Gasteiger partial charge >= 0.3 is 0 Å². The molecule has 3 nitrogen and oxygen atoms in total. The van der Waals surface area contributed by atoms with Crippen LogP contribution in [0.3, 0.4) is 0 Å². The van der Waals surface area contributed by atoms with E-state index in [-0.39, 0.29) is 5.91 Å². The predicted octanol–water partition coefficient (Wildman–Crippen LogP) is 1.28. The quantitative estimate of drug-likeness (QED) is 0.708. The maximum absolute atomic E-state index is 12.6. The zero-order chi connectivity index (χ0) is 11.3. The Balaban J connectivity index is 2.07. The third kappa shape index (κ3) is 4.55. The van der Waals surface area contributed by atoms with Gasteiger partial charge in [-0.1, -0.05) is 19.3 Å². The molecule has 0 aromatic rings. The number of alkyl halides is 2. The Kier molecular flexibility index (Phi) is 4.45. The maximum atomic E-state index is 12.6. The van der Waals surface area contributed by atoms with E-state index >= 15 is 0 Å². The van der Waals surface area contributed by atoms with Gasteiger partial charge in [0.05, 0.1) is 13.1 Å². The molecule has 1 saturated carbocycles. The predicted molar refractivity (Wildman–Crippen MR) is 53.6 cm³/mol. The monoisotopic (exact) mass is 220 g/mol. The topological polar surface area (TPSA) is 55.1 Å². The van der Waals surface area contributed by atoms with Crippen LogP contribution < -0.4 is 11.1 Å². The van der Waals surface area contributed by atoms with Crippen molar-refractivity contribution < 1.29 is 13.6 Å². The van der Waals surface area contributed by atoms with Crippen LogP contribution in [0.4, 0.5) is 8.78 Å². The van der Waals surface area contributed by atoms with E-state index < -0.39 is 19.0 Å². The molecule has 88 valence electrons. The van der Waals surface area contributed by atoms with Crippen molar-refractivity contribution in [1.82, 2.24) is 5.32 Å². The highest BCUT2D eigenvalue weighted by Crippen LogP contribution is 2.30. The number of nitrogens with one attached hydrogen (secondary N) is 1. The number of carbonyl (C=O) groups excluding carboxylic acids is 1. The first-order valence-electron chi connectivity index (χ1n) is 5.38. The van der Waals surface area contributed by atoms with E-state index in [1.54, 1.807) is 0 Å². The number of amides is 1. The van der Waals surface area contributed by atoms with Gasteiger partial charge in [0.2, 0.25) is 5.91 Å². The standard InChI is InChI=1S/C10H18F2N2O/c11-10(12,6-13)7-14-9(15)5-4-8-2-1-3-8/h8H,1-7,13H2,(H,14,15). The van der Waals surface area contributed by atoms with E-state index in [2.05, 4.69) is 5.32 Å². The van der Waals surface area contributed by atoms with E-state index in [0.29, 0.717) is 12.3 Å². The highest BCUT2D eigenvalue weighted by molar-refractivity contribution is 5.75. The van der Waals surface area contributed by atoms with Gasteiger partial charge in [-0.05, 0) is 12.3 Å². The second-order valence-electron chi connectivity index (χ2n) is 4.17. The molecule has 15 heavy (non-hydrogen) atoms. The van der Waals surface area contributed by atoms with Gasteiger partial charge in [0.25, 0.3) is 5.92 Å². The summed E-state index contributed by atoms with van der Waals surface area (Å²) in [7, 11) is 0. The summed E-state index contributed by atoms with van der Waals surface area (Å²) in [5.74, 6) is -2.65. The van der Waals surface area contributed by atoms with Gasteiger partial charge in [0.1, 0.15) is 0 Å². The molecular formula is C10H18F2N2O. The van der Waals surface area contributed by atoms with E-state index in [1.807, 2.05) is 0 Å². The van der Waals surface area contributed by atoms with Gasteiger partial charge in [-0.15, -0.1) is 0 Å². The summed E-state index contributed by atoms with van der Waals surface area (Å²) in [4.78, 5) is 11.2. The summed E-state index contributed by atoms with van der Waals surface area (Å²) < 4.78 is 25.3. The molecule has 1 fully saturated rings. The van der Waals surface area contributed by atoms with Gasteiger partial charge in [-0.3, -0.25) is 4.79 Å². The number of halogens is 2. The van der Waals surface area contributed by atoms with Crippen molar-refractivity contribution >= 4 is 5.91 Å². The molecule has 0 unspecified atom stereocenters. The van der Waals surface area contributed by atoms with Gasteiger partial charge in [0.15, 0.2) is 0 Å². The zero-order valence-electron chi connectivity index (χ0n) is 8.77. The first kappa shape index (κ1) is 12.4. The molecule has 5 heteroatoms. The highest BCUT2D eigenvalue weighted by Gasteiger charge is 2.27. The molecule has 0 heterocycles. The Morgan fingerprint density at radius 3 is 2.60 bits per heavy atom. The molecule has 1 aliphatic carbocycles. The van der Waals surface area contributed by atoms with E-state index in [0.717, 1.165) is 6.42 Å². The van der Waals surface area contributed by atoms with Crippen molar-refractivity contribution in [2.24, 2.45) is 11.7 Å². The van der Waals surface area contributed by atoms with Crippen LogP contribution in [-0.2, 0) is 4.79 Å². The van der Waals surface area contributed by atoms with Crippen LogP contribution in [0, 0.1) is 5.92 Å². The molecule has 0 bridgehead atoms. The lowest BCUT2D eigenvalue weighted by atomic mass is 9.82. The minimum atomic E-state index is -2.98. The minimum absolute atomic E-state index is 0.296. The van der Waals surface area contributed by atoms with Gasteiger partial charge in [-0.2, -0.15) is 0 Å². The average molecular weight is 220 g/mol. The molecule has 0 radical (unpaired) electrons. The molecule has 1 amide bonds. The molecular weight excluding hydrogens is 202 g/mol. The zero-order valence-corrected chi connectivity index (χ0v) is 8.77. The third-order valence-electron chi connectivity index (χ3n) is 2.85. The average Bonchev–Trinajstić information content (AvgIpc) is 2.13. The molecule has 1 aliphatic rings. The number of carbonyl (C=O) groups is 1. The summed E-state index contributed by atoms with van der Waals surface area (Å²) >= 11 is 0. The van der Waals surface area contributed by atoms with Gasteiger partial charge in [-0.25, -0.2) is 8.78 Å². The first-order chi connectivity index (χ1) is 7.03. The lowest BCUT2D eigenvalue weighted by Gasteiger charge is -2.24. The van der Waals surface area contributed by atoms with Crippen LogP contribution >= 0.6 is 0 Å². The van der Waals surface area contributed by atoms with Crippen molar-refractivity contribution in [2.45, 2.75) is 38.0 Å². The molecule has 0 atom stereocenters. The van der Waals surface area contributed by atoms with Crippen molar-refractivity contribution in [1.29, 1.82) is 0 Å². The molecule has 0 aromatic heterocycles. The molecule has 1 rings (SSSR count). The van der Waals surface area contributed by atoms with Gasteiger partial charge in [0, 0.05) is 6.42 Å². The van der Waals surface area contributed by atoms with Crippen LogP contribution in [-0.4, -0.2) is 24.9 Å². The Bertz CT molecular complexity index is 217. The van der Waals surface area contributed by atoms with Crippen LogP contribution in [0.5, 0.6) is 0 Å². The summed E-state index contributed by atoms with van der Waals surface area (Å²) in [6.07, 6.45) is 4.75. The lowest BCUT2D eigenvalue weighted by Crippen LogP contribution is -2.41. The number of hydrogen-bond donors (Lipinski definition) is 2. The normalized spacial score (nSPS) is 17.3. The Morgan fingerprint density at radius 1 is 1.47 bits per heavy atom. The van der Waals surface area contributed by atoms with Crippen LogP contribution in [0.1, 0.15) is 32.1 Å². The van der Waals surface area contributed by atoms with E-state index in [9.17, 15) is 13.6 Å². The smallest absolute Gasteiger partial charge is 0.277 e. The van der Waals surface area contributed by atoms with Crippen molar-refractivity contribution in [2.75, 3.05) is 13.1 Å². The summed E-state index contributed by atoms with van der Waals surface area (Å²) in [5.41, 5.74) is 4.84. The number of nitrogens with two attached hydrogens (primary N) is 1. The third-order valence-corrected chi connectivity index (χ3v) is 2.85. The summed E-state index contributed by atoms with van der Waals surface area (Å²) in [5, 5.41) is 2.21. The lowest BCUT2D eigenvalue weighted by molar-refractivity contribution is -0.123. The summed E-state index contributed by atoms with van der Waals surface area (Å²) in [6, 6.07) is 0. The molecule has 0 saturated heterocycles. The van der Waals surface area contributed by atoms with Crippen LogP contribution in [0.15, 0.2) is 0 Å². The van der Waals surface area contributed by atoms with Crippen molar-refractivity contribution in [3.8, 4) is 0 Å². The molecule has 3 N–H and O–H groups in total. The van der Waals surface area contributed by atoms with Crippen molar-refractivity contribution in [3.63, 3.8) is 0 Å². The highest BCUT2D eigenvalue weighted by atomic mass is 19.3. The van der Waals surface area contributed by atoms with Crippen molar-refractivity contribution in [3.05, 3.63) is 0 Å². The Morgan fingerprint density at radius 2 is 2.13 bits per heavy atom. The second-order valence-corrected chi connectivity index (χ2v) is 4.17. The fourth-order valence-corrected chi connectivity index (χ4v) is 1.51. The second kappa shape index (κ2) is 5.39.